The van der Waals surface area contributed by atoms with Crippen LogP contribution in [0.1, 0.15) is 19.3 Å². The Hall–Kier alpha value is -1.28. The van der Waals surface area contributed by atoms with E-state index < -0.39 is 0 Å². The molecule has 3 aliphatic rings. The number of hydrogen-bond donors (Lipinski definition) is 0. The van der Waals surface area contributed by atoms with E-state index in [0.717, 1.165) is 16.7 Å². The number of benzene rings is 1. The van der Waals surface area contributed by atoms with Gasteiger partial charge >= 0.3 is 0 Å². The highest BCUT2D eigenvalue weighted by atomic mass is 35.5. The zero-order valence-electron chi connectivity index (χ0n) is 9.32. The second-order valence-corrected chi connectivity index (χ2v) is 5.86. The van der Waals surface area contributed by atoms with E-state index in [1.54, 1.807) is 6.07 Å². The van der Waals surface area contributed by atoms with E-state index in [1.807, 2.05) is 29.0 Å². The number of pyridine rings is 1. The fourth-order valence-corrected chi connectivity index (χ4v) is 3.48. The molecule has 0 unspecified atom stereocenters. The van der Waals surface area contributed by atoms with Gasteiger partial charge in [0.25, 0.3) is 5.56 Å². The van der Waals surface area contributed by atoms with Gasteiger partial charge < -0.3 is 4.57 Å². The molecular weight excluding hydrogens is 234 g/mol. The summed E-state index contributed by atoms with van der Waals surface area (Å²) in [4.78, 5) is 12.4. The lowest BCUT2D eigenvalue weighted by Crippen LogP contribution is -2.61. The van der Waals surface area contributed by atoms with Crippen LogP contribution >= 0.6 is 11.6 Å². The summed E-state index contributed by atoms with van der Waals surface area (Å²) in [5.74, 6) is 0.872. The lowest BCUT2D eigenvalue weighted by Gasteiger charge is -2.62. The summed E-state index contributed by atoms with van der Waals surface area (Å²) in [6, 6.07) is 7.54. The highest BCUT2D eigenvalue weighted by Gasteiger charge is 2.58. The van der Waals surface area contributed by atoms with Gasteiger partial charge in [0.1, 0.15) is 0 Å². The van der Waals surface area contributed by atoms with Crippen molar-refractivity contribution in [1.29, 1.82) is 0 Å². The molecule has 1 aromatic heterocycles. The fraction of sp³-hybridized carbons (Fsp3) is 0.357. The molecule has 3 aliphatic carbocycles. The van der Waals surface area contributed by atoms with Crippen LogP contribution in [-0.4, -0.2) is 4.57 Å². The lowest BCUT2D eigenvalue weighted by molar-refractivity contribution is -0.0910. The summed E-state index contributed by atoms with van der Waals surface area (Å²) in [6.07, 6.45) is 5.49. The van der Waals surface area contributed by atoms with Gasteiger partial charge in [-0.05, 0) is 48.8 Å². The van der Waals surface area contributed by atoms with Crippen molar-refractivity contribution in [2.75, 3.05) is 0 Å². The summed E-state index contributed by atoms with van der Waals surface area (Å²) < 4.78 is 1.94. The topological polar surface area (TPSA) is 22.0 Å². The Morgan fingerprint density at radius 1 is 1.24 bits per heavy atom. The molecule has 3 heteroatoms. The largest absolute Gasteiger partial charge is 0.309 e. The average molecular weight is 246 g/mol. The highest BCUT2D eigenvalue weighted by molar-refractivity contribution is 6.31. The predicted octanol–water partition coefficient (Wildman–Crippen LogP) is 3.16. The Bertz CT molecular complexity index is 671. The number of rotatable bonds is 1. The van der Waals surface area contributed by atoms with Gasteiger partial charge in [0, 0.05) is 22.1 Å². The first kappa shape index (κ1) is 9.72. The summed E-state index contributed by atoms with van der Waals surface area (Å²) in [6.45, 7) is 0. The Labute approximate surface area is 104 Å². The summed E-state index contributed by atoms with van der Waals surface area (Å²) in [5, 5.41) is 2.34. The number of nitrogens with zero attached hydrogens (tertiary/aromatic N) is 1. The van der Waals surface area contributed by atoms with Crippen LogP contribution in [0, 0.1) is 5.92 Å². The summed E-state index contributed by atoms with van der Waals surface area (Å²) in [5.41, 5.74) is 0.265. The van der Waals surface area contributed by atoms with Gasteiger partial charge in [-0.3, -0.25) is 4.79 Å². The third-order valence-electron chi connectivity index (χ3n) is 4.38. The minimum absolute atomic E-state index is 0.114. The minimum atomic E-state index is 0.114. The molecule has 3 fully saturated rings. The van der Waals surface area contributed by atoms with E-state index in [1.165, 1.54) is 19.3 Å². The van der Waals surface area contributed by atoms with Crippen molar-refractivity contribution < 1.29 is 0 Å². The van der Waals surface area contributed by atoms with Crippen LogP contribution in [0.5, 0.6) is 0 Å². The van der Waals surface area contributed by atoms with E-state index in [-0.39, 0.29) is 11.1 Å². The van der Waals surface area contributed by atoms with Crippen LogP contribution in [0.2, 0.25) is 5.02 Å². The van der Waals surface area contributed by atoms with Crippen LogP contribution in [0.15, 0.2) is 35.3 Å². The smallest absolute Gasteiger partial charge is 0.258 e. The maximum absolute atomic E-state index is 12.4. The maximum atomic E-state index is 12.4. The van der Waals surface area contributed by atoms with Crippen LogP contribution in [0.3, 0.4) is 0 Å². The molecule has 1 aromatic carbocycles. The Morgan fingerprint density at radius 2 is 2.00 bits per heavy atom. The van der Waals surface area contributed by atoms with Gasteiger partial charge in [0.2, 0.25) is 0 Å². The zero-order chi connectivity index (χ0) is 11.6. The molecule has 0 radical (unpaired) electrons. The Morgan fingerprint density at radius 3 is 2.65 bits per heavy atom. The highest BCUT2D eigenvalue weighted by Crippen LogP contribution is 2.61. The first-order valence-corrected chi connectivity index (χ1v) is 6.37. The first-order chi connectivity index (χ1) is 8.18. The van der Waals surface area contributed by atoms with E-state index in [0.29, 0.717) is 5.02 Å². The molecule has 5 rings (SSSR count). The van der Waals surface area contributed by atoms with Crippen molar-refractivity contribution in [3.8, 4) is 0 Å². The lowest BCUT2D eigenvalue weighted by atomic mass is 9.49. The van der Waals surface area contributed by atoms with Crippen molar-refractivity contribution in [2.24, 2.45) is 5.92 Å². The van der Waals surface area contributed by atoms with Crippen molar-refractivity contribution in [2.45, 2.75) is 24.8 Å². The molecule has 2 aromatic rings. The van der Waals surface area contributed by atoms with E-state index in [2.05, 4.69) is 0 Å². The normalized spacial score (nSPS) is 29.8. The van der Waals surface area contributed by atoms with Crippen molar-refractivity contribution >= 4 is 22.4 Å². The van der Waals surface area contributed by atoms with Crippen molar-refractivity contribution in [1.82, 2.24) is 4.57 Å². The van der Waals surface area contributed by atoms with E-state index in [4.69, 9.17) is 11.6 Å². The molecule has 3 saturated carbocycles. The number of fused-ring (bicyclic) bond motifs is 1. The molecule has 86 valence electrons. The van der Waals surface area contributed by atoms with Gasteiger partial charge in [0.05, 0.1) is 0 Å². The molecule has 0 saturated heterocycles. The number of hydrogen-bond acceptors (Lipinski definition) is 1. The standard InChI is InChI=1S/C14H12ClNO/c15-11-2-1-10-3-4-16(13(17)12(10)5-11)14-6-9(7-14)8-14/h1-5,9H,6-8H2. The fourth-order valence-electron chi connectivity index (χ4n) is 3.31. The van der Waals surface area contributed by atoms with Crippen LogP contribution in [0.25, 0.3) is 10.8 Å². The van der Waals surface area contributed by atoms with Gasteiger partial charge in [-0.15, -0.1) is 0 Å². The molecule has 0 amide bonds. The minimum Gasteiger partial charge on any atom is -0.309 e. The summed E-state index contributed by atoms with van der Waals surface area (Å²) in [7, 11) is 0. The van der Waals surface area contributed by atoms with Gasteiger partial charge in [0.15, 0.2) is 0 Å². The maximum Gasteiger partial charge on any atom is 0.258 e. The monoisotopic (exact) mass is 245 g/mol. The molecule has 0 aliphatic heterocycles. The van der Waals surface area contributed by atoms with Crippen molar-refractivity contribution in [3.05, 3.63) is 45.8 Å². The summed E-state index contributed by atoms with van der Waals surface area (Å²) >= 11 is 5.97. The van der Waals surface area contributed by atoms with E-state index >= 15 is 0 Å². The Balaban J connectivity index is 2.00. The predicted molar refractivity (Wildman–Crippen MR) is 68.5 cm³/mol. The second kappa shape index (κ2) is 2.94. The van der Waals surface area contributed by atoms with Crippen LogP contribution < -0.4 is 5.56 Å². The van der Waals surface area contributed by atoms with E-state index in [9.17, 15) is 4.79 Å². The van der Waals surface area contributed by atoms with Gasteiger partial charge in [-0.1, -0.05) is 17.7 Å². The van der Waals surface area contributed by atoms with Crippen molar-refractivity contribution in [3.63, 3.8) is 0 Å². The zero-order valence-corrected chi connectivity index (χ0v) is 10.1. The molecule has 1 heterocycles. The molecular formula is C14H12ClNO. The third-order valence-corrected chi connectivity index (χ3v) is 4.62. The Kier molecular flexibility index (Phi) is 1.68. The third kappa shape index (κ3) is 1.14. The first-order valence-electron chi connectivity index (χ1n) is 5.99. The molecule has 2 nitrogen and oxygen atoms in total. The van der Waals surface area contributed by atoms with Gasteiger partial charge in [-0.2, -0.15) is 0 Å². The van der Waals surface area contributed by atoms with Gasteiger partial charge in [-0.25, -0.2) is 0 Å². The number of halogens is 1. The van der Waals surface area contributed by atoms with Crippen LogP contribution in [-0.2, 0) is 5.54 Å². The second-order valence-electron chi connectivity index (χ2n) is 5.43. The molecule has 0 spiro atoms. The SMILES string of the molecule is O=c1c2cc(Cl)ccc2ccn1C12CC(C1)C2. The molecule has 0 atom stereocenters. The molecule has 0 N–H and O–H groups in total. The van der Waals surface area contributed by atoms with Crippen LogP contribution in [0.4, 0.5) is 0 Å². The quantitative estimate of drug-likeness (QED) is 0.757. The molecule has 2 bridgehead atoms. The average Bonchev–Trinajstić information content (AvgIpc) is 2.18. The molecule has 17 heavy (non-hydrogen) atoms. The number of aromatic nitrogens is 1.